The molecular formula is C17H18ClN3O5. The highest BCUT2D eigenvalue weighted by Gasteiger charge is 2.33. The molecule has 0 unspecified atom stereocenters. The first-order valence-corrected chi connectivity index (χ1v) is 7.80. The zero-order chi connectivity index (χ0) is 20.2. The molecule has 0 aliphatic rings. The summed E-state index contributed by atoms with van der Waals surface area (Å²) in [6.45, 7) is 4.73. The zero-order valence-corrected chi connectivity index (χ0v) is 15.7. The van der Waals surface area contributed by atoms with Gasteiger partial charge in [0.2, 0.25) is 0 Å². The lowest BCUT2D eigenvalue weighted by atomic mass is 9.85. The second-order valence-electron chi connectivity index (χ2n) is 6.58. The van der Waals surface area contributed by atoms with Gasteiger partial charge in [0, 0.05) is 30.6 Å². The Hall–Kier alpha value is -2.92. The van der Waals surface area contributed by atoms with Gasteiger partial charge in [0.05, 0.1) is 10.5 Å². The second-order valence-corrected chi connectivity index (χ2v) is 7.01. The number of amides is 1. The van der Waals surface area contributed by atoms with Gasteiger partial charge in [-0.15, -0.1) is 0 Å². The van der Waals surface area contributed by atoms with Crippen LogP contribution in [0.2, 0.25) is 5.02 Å². The van der Waals surface area contributed by atoms with Crippen molar-refractivity contribution in [1.82, 2.24) is 4.90 Å². The van der Waals surface area contributed by atoms with Gasteiger partial charge in [0.15, 0.2) is 11.5 Å². The molecule has 9 heteroatoms. The van der Waals surface area contributed by atoms with E-state index in [9.17, 15) is 25.0 Å². The number of allylic oxidation sites excluding steroid dienone is 1. The number of hydrogen-bond acceptors (Lipinski definition) is 6. The Kier molecular flexibility index (Phi) is 6.48. The first-order chi connectivity index (χ1) is 11.9. The van der Waals surface area contributed by atoms with Gasteiger partial charge in [-0.1, -0.05) is 32.4 Å². The first-order valence-electron chi connectivity index (χ1n) is 7.42. The van der Waals surface area contributed by atoms with Gasteiger partial charge >= 0.3 is 6.09 Å². The number of nitro benzene ring substituents is 1. The van der Waals surface area contributed by atoms with Crippen molar-refractivity contribution in [2.45, 2.75) is 20.8 Å². The van der Waals surface area contributed by atoms with Gasteiger partial charge in [-0.3, -0.25) is 14.9 Å². The maximum atomic E-state index is 12.6. The molecule has 26 heavy (non-hydrogen) atoms. The van der Waals surface area contributed by atoms with E-state index in [4.69, 9.17) is 16.3 Å². The quantitative estimate of drug-likeness (QED) is 0.258. The number of halogens is 1. The largest absolute Gasteiger partial charge is 0.414 e. The summed E-state index contributed by atoms with van der Waals surface area (Å²) in [5.41, 5.74) is -2.14. The predicted octanol–water partition coefficient (Wildman–Crippen LogP) is 3.80. The number of carbonyl (C=O) groups is 2. The Bertz CT molecular complexity index is 832. The van der Waals surface area contributed by atoms with E-state index in [1.54, 1.807) is 26.8 Å². The van der Waals surface area contributed by atoms with Crippen LogP contribution in [0.25, 0.3) is 5.76 Å². The molecule has 0 saturated carbocycles. The molecule has 0 aromatic heterocycles. The molecule has 1 rings (SSSR count). The zero-order valence-electron chi connectivity index (χ0n) is 15.0. The normalized spacial score (nSPS) is 11.9. The summed E-state index contributed by atoms with van der Waals surface area (Å²) in [6, 6.07) is 5.33. The Labute approximate surface area is 155 Å². The van der Waals surface area contributed by atoms with Crippen LogP contribution in [0.3, 0.4) is 0 Å². The van der Waals surface area contributed by atoms with Crippen LogP contribution in [0.4, 0.5) is 10.5 Å². The molecule has 0 bridgehead atoms. The molecule has 1 aromatic carbocycles. The molecule has 0 fully saturated rings. The van der Waals surface area contributed by atoms with Gasteiger partial charge in [0.25, 0.3) is 5.69 Å². The minimum atomic E-state index is -0.970. The Morgan fingerprint density at radius 1 is 1.31 bits per heavy atom. The van der Waals surface area contributed by atoms with Crippen molar-refractivity contribution in [3.8, 4) is 6.07 Å². The third kappa shape index (κ3) is 4.80. The third-order valence-electron chi connectivity index (χ3n) is 3.20. The molecule has 0 aliphatic heterocycles. The summed E-state index contributed by atoms with van der Waals surface area (Å²) in [4.78, 5) is 36.4. The number of Topliss-reactive ketones (excluding diaryl/α,β-unsaturated/α-hetero) is 1. The number of hydrogen-bond donors (Lipinski definition) is 0. The van der Waals surface area contributed by atoms with Gasteiger partial charge in [-0.25, -0.2) is 4.79 Å². The molecule has 0 N–H and O–H groups in total. The van der Waals surface area contributed by atoms with Crippen LogP contribution in [-0.2, 0) is 9.53 Å². The van der Waals surface area contributed by atoms with Crippen LogP contribution in [0.5, 0.6) is 0 Å². The lowest BCUT2D eigenvalue weighted by molar-refractivity contribution is -0.385. The van der Waals surface area contributed by atoms with Crippen molar-refractivity contribution in [2.75, 3.05) is 14.1 Å². The average molecular weight is 380 g/mol. The number of carbonyl (C=O) groups excluding carboxylic acids is 2. The lowest BCUT2D eigenvalue weighted by Gasteiger charge is -2.19. The Morgan fingerprint density at radius 3 is 2.31 bits per heavy atom. The fraction of sp³-hybridized carbons (Fsp3) is 0.353. The van der Waals surface area contributed by atoms with Crippen LogP contribution in [0, 0.1) is 26.9 Å². The summed E-state index contributed by atoms with van der Waals surface area (Å²) in [6.07, 6.45) is -0.890. The molecule has 0 aliphatic carbocycles. The van der Waals surface area contributed by atoms with Crippen LogP contribution < -0.4 is 0 Å². The van der Waals surface area contributed by atoms with Gasteiger partial charge in [-0.2, -0.15) is 5.26 Å². The molecule has 1 amide bonds. The highest BCUT2D eigenvalue weighted by Crippen LogP contribution is 2.34. The number of nitro groups is 1. The fourth-order valence-electron chi connectivity index (χ4n) is 1.85. The SMILES string of the molecule is CN(C)C(=O)OC(=C(C#N)C(=O)C(C)(C)C)c1ccc(Cl)cc1[N+](=O)[O-]. The number of ketones is 1. The molecule has 0 heterocycles. The maximum absolute atomic E-state index is 12.6. The van der Waals surface area contributed by atoms with E-state index in [0.717, 1.165) is 11.0 Å². The minimum absolute atomic E-state index is 0.0828. The van der Waals surface area contributed by atoms with E-state index in [-0.39, 0.29) is 10.6 Å². The highest BCUT2D eigenvalue weighted by molar-refractivity contribution is 6.30. The number of benzene rings is 1. The average Bonchev–Trinajstić information content (AvgIpc) is 2.53. The molecule has 138 valence electrons. The third-order valence-corrected chi connectivity index (χ3v) is 3.44. The van der Waals surface area contributed by atoms with E-state index in [2.05, 4.69) is 0 Å². The molecule has 0 radical (unpaired) electrons. The van der Waals surface area contributed by atoms with E-state index in [1.165, 1.54) is 26.2 Å². The number of nitrogens with zero attached hydrogens (tertiary/aromatic N) is 3. The van der Waals surface area contributed by atoms with Crippen molar-refractivity contribution in [3.63, 3.8) is 0 Å². The van der Waals surface area contributed by atoms with E-state index < -0.39 is 39.2 Å². The standard InChI is InChI=1S/C17H18ClN3O5/c1-17(2,3)15(22)12(9-19)14(26-16(23)20(4)5)11-7-6-10(18)8-13(11)21(24)25/h6-8H,1-5H3. The number of rotatable bonds is 4. The summed E-state index contributed by atoms with van der Waals surface area (Å²) >= 11 is 5.80. The summed E-state index contributed by atoms with van der Waals surface area (Å²) < 4.78 is 5.17. The van der Waals surface area contributed by atoms with Crippen LogP contribution in [0.15, 0.2) is 23.8 Å². The smallest absolute Gasteiger partial charge is 0.408 e. The van der Waals surface area contributed by atoms with Crippen molar-refractivity contribution in [3.05, 3.63) is 44.5 Å². The van der Waals surface area contributed by atoms with Crippen molar-refractivity contribution < 1.29 is 19.2 Å². The van der Waals surface area contributed by atoms with Crippen LogP contribution in [0.1, 0.15) is 26.3 Å². The second kappa shape index (κ2) is 7.97. The summed E-state index contributed by atoms with van der Waals surface area (Å²) in [5.74, 6) is -1.10. The first kappa shape index (κ1) is 21.1. The van der Waals surface area contributed by atoms with Crippen LogP contribution >= 0.6 is 11.6 Å². The summed E-state index contributed by atoms with van der Waals surface area (Å²) in [5, 5.41) is 21.0. The van der Waals surface area contributed by atoms with Gasteiger partial charge in [-0.05, 0) is 12.1 Å². The molecule has 0 atom stereocenters. The van der Waals surface area contributed by atoms with Crippen molar-refractivity contribution >= 4 is 34.9 Å². The molecule has 0 spiro atoms. The van der Waals surface area contributed by atoms with E-state index in [1.807, 2.05) is 0 Å². The molecule has 8 nitrogen and oxygen atoms in total. The Balaban J connectivity index is 3.81. The van der Waals surface area contributed by atoms with E-state index >= 15 is 0 Å². The van der Waals surface area contributed by atoms with Crippen LogP contribution in [-0.4, -0.2) is 35.8 Å². The van der Waals surface area contributed by atoms with Gasteiger partial charge < -0.3 is 9.64 Å². The fourth-order valence-corrected chi connectivity index (χ4v) is 2.01. The predicted molar refractivity (Wildman–Crippen MR) is 95.3 cm³/mol. The molecule has 1 aromatic rings. The van der Waals surface area contributed by atoms with E-state index in [0.29, 0.717) is 0 Å². The number of ether oxygens (including phenoxy) is 1. The lowest BCUT2D eigenvalue weighted by Crippen LogP contribution is -2.26. The summed E-state index contributed by atoms with van der Waals surface area (Å²) in [7, 11) is 2.79. The topological polar surface area (TPSA) is 114 Å². The highest BCUT2D eigenvalue weighted by atomic mass is 35.5. The Morgan fingerprint density at radius 2 is 1.88 bits per heavy atom. The van der Waals surface area contributed by atoms with Crippen molar-refractivity contribution in [1.29, 1.82) is 5.26 Å². The minimum Gasteiger partial charge on any atom is -0.408 e. The monoisotopic (exact) mass is 379 g/mol. The molecular weight excluding hydrogens is 362 g/mol. The maximum Gasteiger partial charge on any atom is 0.414 e. The van der Waals surface area contributed by atoms with Crippen molar-refractivity contribution in [2.24, 2.45) is 5.41 Å². The molecule has 0 saturated heterocycles. The number of nitriles is 1. The van der Waals surface area contributed by atoms with Gasteiger partial charge in [0.1, 0.15) is 11.6 Å².